The molecule has 1 aliphatic carbocycles. The van der Waals surface area contributed by atoms with Gasteiger partial charge in [-0.15, -0.1) is 11.3 Å². The van der Waals surface area contributed by atoms with Crippen molar-refractivity contribution in [3.8, 4) is 6.07 Å². The SMILES string of the molecule is N#C/C(=C/c1csc(C2CC2)n1)C(=O)Nc1cccc2ccccc12. The second kappa shape index (κ2) is 6.50. The van der Waals surface area contributed by atoms with Crippen molar-refractivity contribution in [2.75, 3.05) is 5.32 Å². The first-order chi connectivity index (χ1) is 12.2. The zero-order valence-electron chi connectivity index (χ0n) is 13.4. The van der Waals surface area contributed by atoms with Crippen molar-refractivity contribution in [1.82, 2.24) is 4.98 Å². The number of amides is 1. The number of nitrogens with one attached hydrogen (secondary N) is 1. The van der Waals surface area contributed by atoms with Gasteiger partial charge in [0.2, 0.25) is 0 Å². The van der Waals surface area contributed by atoms with Crippen LogP contribution in [-0.2, 0) is 4.79 Å². The van der Waals surface area contributed by atoms with E-state index in [1.807, 2.05) is 53.9 Å². The van der Waals surface area contributed by atoms with Gasteiger partial charge in [-0.1, -0.05) is 36.4 Å². The average Bonchev–Trinajstić information content (AvgIpc) is 3.39. The number of rotatable bonds is 4. The Labute approximate surface area is 149 Å². The Balaban J connectivity index is 1.59. The highest BCUT2D eigenvalue weighted by Gasteiger charge is 2.26. The molecule has 1 saturated carbocycles. The smallest absolute Gasteiger partial charge is 0.266 e. The van der Waals surface area contributed by atoms with Crippen LogP contribution in [0.5, 0.6) is 0 Å². The summed E-state index contributed by atoms with van der Waals surface area (Å²) in [4.78, 5) is 17.0. The molecule has 0 bridgehead atoms. The fourth-order valence-corrected chi connectivity index (χ4v) is 3.65. The van der Waals surface area contributed by atoms with Gasteiger partial charge in [0.25, 0.3) is 5.91 Å². The molecule has 1 fully saturated rings. The monoisotopic (exact) mass is 345 g/mol. The van der Waals surface area contributed by atoms with Gasteiger partial charge in [0.1, 0.15) is 11.6 Å². The molecule has 1 aliphatic rings. The molecule has 2 aromatic carbocycles. The molecule has 0 saturated heterocycles. The number of hydrogen-bond donors (Lipinski definition) is 1. The lowest BCUT2D eigenvalue weighted by Crippen LogP contribution is -2.13. The molecule has 0 radical (unpaired) electrons. The highest BCUT2D eigenvalue weighted by molar-refractivity contribution is 7.09. The third-order valence-corrected chi connectivity index (χ3v) is 5.19. The average molecular weight is 345 g/mol. The van der Waals surface area contributed by atoms with E-state index in [-0.39, 0.29) is 5.57 Å². The van der Waals surface area contributed by atoms with E-state index in [9.17, 15) is 10.1 Å². The lowest BCUT2D eigenvalue weighted by molar-refractivity contribution is -0.112. The molecule has 25 heavy (non-hydrogen) atoms. The van der Waals surface area contributed by atoms with E-state index in [4.69, 9.17) is 0 Å². The van der Waals surface area contributed by atoms with E-state index in [1.165, 1.54) is 12.8 Å². The summed E-state index contributed by atoms with van der Waals surface area (Å²) in [7, 11) is 0. The molecule has 0 atom stereocenters. The van der Waals surface area contributed by atoms with Gasteiger partial charge >= 0.3 is 0 Å². The normalized spacial score (nSPS) is 14.3. The van der Waals surface area contributed by atoms with Gasteiger partial charge in [0.05, 0.1) is 10.7 Å². The third-order valence-electron chi connectivity index (χ3n) is 4.16. The predicted molar refractivity (Wildman–Crippen MR) is 100 cm³/mol. The molecule has 1 aromatic heterocycles. The van der Waals surface area contributed by atoms with Crippen LogP contribution < -0.4 is 5.32 Å². The van der Waals surface area contributed by atoms with Crippen LogP contribution in [0.4, 0.5) is 5.69 Å². The molecule has 4 rings (SSSR count). The number of carbonyl (C=O) groups excluding carboxylic acids is 1. The number of anilines is 1. The highest BCUT2D eigenvalue weighted by atomic mass is 32.1. The Morgan fingerprint density at radius 1 is 1.24 bits per heavy atom. The number of carbonyl (C=O) groups is 1. The first-order valence-electron chi connectivity index (χ1n) is 8.11. The minimum atomic E-state index is -0.417. The number of hydrogen-bond acceptors (Lipinski definition) is 4. The molecule has 1 heterocycles. The molecule has 4 nitrogen and oxygen atoms in total. The molecule has 0 aliphatic heterocycles. The van der Waals surface area contributed by atoms with Gasteiger partial charge in [-0.3, -0.25) is 4.79 Å². The van der Waals surface area contributed by atoms with Gasteiger partial charge in [-0.2, -0.15) is 5.26 Å². The fourth-order valence-electron chi connectivity index (χ4n) is 2.71. The lowest BCUT2D eigenvalue weighted by atomic mass is 10.1. The van der Waals surface area contributed by atoms with Gasteiger partial charge < -0.3 is 5.32 Å². The minimum Gasteiger partial charge on any atom is -0.321 e. The van der Waals surface area contributed by atoms with Gasteiger partial charge in [-0.05, 0) is 30.4 Å². The summed E-state index contributed by atoms with van der Waals surface area (Å²) >= 11 is 1.59. The molecule has 122 valence electrons. The van der Waals surface area contributed by atoms with E-state index >= 15 is 0 Å². The van der Waals surface area contributed by atoms with Crippen LogP contribution in [0.25, 0.3) is 16.8 Å². The number of nitrogens with zero attached hydrogens (tertiary/aromatic N) is 2. The van der Waals surface area contributed by atoms with Crippen molar-refractivity contribution in [2.45, 2.75) is 18.8 Å². The standard InChI is InChI=1S/C20H15N3OS/c21-11-15(10-16-12-25-20(22-16)14-8-9-14)19(24)23-18-7-3-5-13-4-1-2-6-17(13)18/h1-7,10,12,14H,8-9H2,(H,23,24)/b15-10-. The van der Waals surface area contributed by atoms with Gasteiger partial charge in [0.15, 0.2) is 0 Å². The van der Waals surface area contributed by atoms with Crippen molar-refractivity contribution < 1.29 is 4.79 Å². The number of aromatic nitrogens is 1. The van der Waals surface area contributed by atoms with Gasteiger partial charge in [-0.25, -0.2) is 4.98 Å². The Bertz CT molecular complexity index is 1020. The molecular formula is C20H15N3OS. The second-order valence-corrected chi connectivity index (χ2v) is 6.93. The number of fused-ring (bicyclic) bond motifs is 1. The van der Waals surface area contributed by atoms with E-state index in [0.29, 0.717) is 17.3 Å². The molecule has 1 amide bonds. The molecule has 0 spiro atoms. The lowest BCUT2D eigenvalue weighted by Gasteiger charge is -2.08. The summed E-state index contributed by atoms with van der Waals surface area (Å²) in [5.41, 5.74) is 1.43. The van der Waals surface area contributed by atoms with Gasteiger partial charge in [0, 0.05) is 22.4 Å². The Morgan fingerprint density at radius 3 is 2.84 bits per heavy atom. The number of nitriles is 1. The van der Waals surface area contributed by atoms with E-state index < -0.39 is 5.91 Å². The largest absolute Gasteiger partial charge is 0.321 e. The summed E-state index contributed by atoms with van der Waals surface area (Å²) in [6, 6.07) is 15.5. The molecule has 0 unspecified atom stereocenters. The second-order valence-electron chi connectivity index (χ2n) is 6.04. The predicted octanol–water partition coefficient (Wildman–Crippen LogP) is 4.72. The van der Waals surface area contributed by atoms with Crippen LogP contribution >= 0.6 is 11.3 Å². The summed E-state index contributed by atoms with van der Waals surface area (Å²) in [6.45, 7) is 0. The highest BCUT2D eigenvalue weighted by Crippen LogP contribution is 2.41. The summed E-state index contributed by atoms with van der Waals surface area (Å²) in [6.07, 6.45) is 3.93. The third kappa shape index (κ3) is 3.30. The van der Waals surface area contributed by atoms with E-state index in [1.54, 1.807) is 17.4 Å². The maximum atomic E-state index is 12.5. The zero-order chi connectivity index (χ0) is 17.2. The summed E-state index contributed by atoms with van der Waals surface area (Å²) < 4.78 is 0. The summed E-state index contributed by atoms with van der Waals surface area (Å²) in [5, 5.41) is 17.2. The van der Waals surface area contributed by atoms with E-state index in [2.05, 4.69) is 10.3 Å². The van der Waals surface area contributed by atoms with E-state index in [0.717, 1.165) is 15.8 Å². The van der Waals surface area contributed by atoms with Crippen LogP contribution in [-0.4, -0.2) is 10.9 Å². The van der Waals surface area contributed by atoms with Crippen molar-refractivity contribution in [3.63, 3.8) is 0 Å². The van der Waals surface area contributed by atoms with Crippen molar-refractivity contribution in [1.29, 1.82) is 5.26 Å². The molecule has 3 aromatic rings. The van der Waals surface area contributed by atoms with Crippen LogP contribution in [0.2, 0.25) is 0 Å². The first-order valence-corrected chi connectivity index (χ1v) is 8.99. The number of thiazole rings is 1. The molecule has 5 heteroatoms. The van der Waals surface area contributed by atoms with Crippen LogP contribution in [0.1, 0.15) is 29.5 Å². The summed E-state index contributed by atoms with van der Waals surface area (Å²) in [5.74, 6) is 0.155. The van der Waals surface area contributed by atoms with Crippen molar-refractivity contribution >= 4 is 39.8 Å². The zero-order valence-corrected chi connectivity index (χ0v) is 14.2. The van der Waals surface area contributed by atoms with Crippen LogP contribution in [0, 0.1) is 11.3 Å². The Kier molecular flexibility index (Phi) is 4.04. The maximum Gasteiger partial charge on any atom is 0.266 e. The molecular weight excluding hydrogens is 330 g/mol. The number of benzene rings is 2. The first kappa shape index (κ1) is 15.6. The van der Waals surface area contributed by atoms with Crippen LogP contribution in [0.3, 0.4) is 0 Å². The minimum absolute atomic E-state index is 0.0561. The van der Waals surface area contributed by atoms with Crippen molar-refractivity contribution in [3.05, 3.63) is 64.1 Å². The van der Waals surface area contributed by atoms with Crippen molar-refractivity contribution in [2.24, 2.45) is 0 Å². The Hall–Kier alpha value is -2.97. The molecule has 1 N–H and O–H groups in total. The maximum absolute atomic E-state index is 12.5. The van der Waals surface area contributed by atoms with Crippen LogP contribution in [0.15, 0.2) is 53.4 Å². The topological polar surface area (TPSA) is 65.8 Å². The fraction of sp³-hybridized carbons (Fsp3) is 0.150. The Morgan fingerprint density at radius 2 is 2.04 bits per heavy atom. The quantitative estimate of drug-likeness (QED) is 0.549.